The second kappa shape index (κ2) is 8.88. The molecular weight excluding hydrogens is 336 g/mol. The first kappa shape index (κ1) is 19.3. The Morgan fingerprint density at radius 1 is 1.16 bits per heavy atom. The van der Waals surface area contributed by atoms with Gasteiger partial charge in [0.25, 0.3) is 5.91 Å². The summed E-state index contributed by atoms with van der Waals surface area (Å²) in [5.41, 5.74) is 6.64. The summed E-state index contributed by atoms with van der Waals surface area (Å²) in [6.07, 6.45) is 2.09. The van der Waals surface area contributed by atoms with Crippen molar-refractivity contribution in [3.05, 3.63) is 60.2 Å². The Kier molecular flexibility index (Phi) is 6.85. The van der Waals surface area contributed by atoms with E-state index in [1.54, 1.807) is 0 Å². The van der Waals surface area contributed by atoms with E-state index in [1.807, 2.05) is 66.4 Å². The highest BCUT2D eigenvalue weighted by molar-refractivity contribution is 5.97. The third kappa shape index (κ3) is 4.74. The van der Waals surface area contributed by atoms with E-state index in [2.05, 4.69) is 0 Å². The Balaban J connectivity index is 0.00000225. The van der Waals surface area contributed by atoms with Crippen LogP contribution in [-0.4, -0.2) is 29.9 Å². The molecule has 25 heavy (non-hydrogen) atoms. The molecule has 4 nitrogen and oxygen atoms in total. The average molecular weight is 361 g/mol. The number of nitrogens with two attached hydrogens (primary N) is 1. The molecule has 3 rings (SSSR count). The Bertz CT molecular complexity index is 691. The zero-order valence-electron chi connectivity index (χ0n) is 14.4. The largest absolute Gasteiger partial charge is 0.457 e. The van der Waals surface area contributed by atoms with E-state index in [0.29, 0.717) is 17.2 Å². The minimum atomic E-state index is 0. The fourth-order valence-electron chi connectivity index (χ4n) is 3.14. The van der Waals surface area contributed by atoms with E-state index in [9.17, 15) is 4.79 Å². The van der Waals surface area contributed by atoms with Gasteiger partial charge >= 0.3 is 0 Å². The van der Waals surface area contributed by atoms with Crippen LogP contribution in [0.15, 0.2) is 54.6 Å². The molecule has 1 saturated heterocycles. The molecule has 1 heterocycles. The van der Waals surface area contributed by atoms with Crippen LogP contribution >= 0.6 is 12.4 Å². The van der Waals surface area contributed by atoms with Crippen LogP contribution in [0.4, 0.5) is 0 Å². The van der Waals surface area contributed by atoms with Crippen molar-refractivity contribution < 1.29 is 9.53 Å². The lowest BCUT2D eigenvalue weighted by molar-refractivity contribution is 0.0658. The number of benzene rings is 2. The second-order valence-electron chi connectivity index (χ2n) is 6.42. The molecule has 0 radical (unpaired) electrons. The van der Waals surface area contributed by atoms with Gasteiger partial charge in [0.2, 0.25) is 0 Å². The minimum absolute atomic E-state index is 0. The van der Waals surface area contributed by atoms with Crippen LogP contribution in [0.3, 0.4) is 0 Å². The maximum Gasteiger partial charge on any atom is 0.257 e. The van der Waals surface area contributed by atoms with Crippen LogP contribution in [0.2, 0.25) is 0 Å². The zero-order chi connectivity index (χ0) is 16.9. The molecule has 0 aromatic heterocycles. The number of halogens is 1. The number of para-hydroxylation sites is 2. The molecule has 0 aliphatic carbocycles. The maximum atomic E-state index is 13.0. The van der Waals surface area contributed by atoms with Crippen LogP contribution in [0.1, 0.15) is 30.1 Å². The number of carbonyl (C=O) groups excluding carboxylic acids is 1. The van der Waals surface area contributed by atoms with Gasteiger partial charge in [0, 0.05) is 19.1 Å². The first-order chi connectivity index (χ1) is 11.6. The van der Waals surface area contributed by atoms with Crippen molar-refractivity contribution in [3.63, 3.8) is 0 Å². The zero-order valence-corrected chi connectivity index (χ0v) is 15.2. The molecule has 1 aliphatic rings. The molecule has 0 saturated carbocycles. The van der Waals surface area contributed by atoms with Gasteiger partial charge < -0.3 is 15.4 Å². The standard InChI is InChI=1S/C20H24N2O2.ClH/c1-15(21)16-8-7-13-22(14-16)20(23)18-11-5-6-12-19(18)24-17-9-3-2-4-10-17;/h2-6,9-12,15-16H,7-8,13-14,21H2,1H3;1H. The SMILES string of the molecule is CC(N)C1CCCN(C(=O)c2ccccc2Oc2ccccc2)C1.Cl. The number of carbonyl (C=O) groups is 1. The third-order valence-electron chi connectivity index (χ3n) is 4.58. The van der Waals surface area contributed by atoms with E-state index >= 15 is 0 Å². The van der Waals surface area contributed by atoms with Crippen LogP contribution < -0.4 is 10.5 Å². The average Bonchev–Trinajstić information content (AvgIpc) is 2.62. The van der Waals surface area contributed by atoms with Gasteiger partial charge in [-0.05, 0) is 49.9 Å². The number of hydrogen-bond donors (Lipinski definition) is 1. The third-order valence-corrected chi connectivity index (χ3v) is 4.58. The summed E-state index contributed by atoms with van der Waals surface area (Å²) < 4.78 is 5.92. The molecular formula is C20H25ClN2O2. The predicted molar refractivity (Wildman–Crippen MR) is 102 cm³/mol. The quantitative estimate of drug-likeness (QED) is 0.893. The molecule has 1 aliphatic heterocycles. The van der Waals surface area contributed by atoms with Gasteiger partial charge in [0.1, 0.15) is 11.5 Å². The number of nitrogens with zero attached hydrogens (tertiary/aromatic N) is 1. The van der Waals surface area contributed by atoms with Crippen LogP contribution in [0.25, 0.3) is 0 Å². The van der Waals surface area contributed by atoms with Crippen molar-refractivity contribution in [1.82, 2.24) is 4.90 Å². The monoisotopic (exact) mass is 360 g/mol. The van der Waals surface area contributed by atoms with Crippen molar-refractivity contribution in [3.8, 4) is 11.5 Å². The highest BCUT2D eigenvalue weighted by atomic mass is 35.5. The second-order valence-corrected chi connectivity index (χ2v) is 6.42. The van der Waals surface area contributed by atoms with E-state index in [0.717, 1.165) is 31.7 Å². The molecule has 2 aromatic carbocycles. The number of piperidine rings is 1. The van der Waals surface area contributed by atoms with Gasteiger partial charge in [-0.25, -0.2) is 0 Å². The van der Waals surface area contributed by atoms with E-state index < -0.39 is 0 Å². The molecule has 1 amide bonds. The molecule has 0 bridgehead atoms. The van der Waals surface area contributed by atoms with Crippen molar-refractivity contribution in [2.45, 2.75) is 25.8 Å². The number of hydrogen-bond acceptors (Lipinski definition) is 3. The van der Waals surface area contributed by atoms with E-state index in [4.69, 9.17) is 10.5 Å². The van der Waals surface area contributed by atoms with E-state index in [1.165, 1.54) is 0 Å². The predicted octanol–water partition coefficient (Wildman–Crippen LogP) is 4.10. The summed E-state index contributed by atoms with van der Waals surface area (Å²) in [5, 5.41) is 0. The van der Waals surface area contributed by atoms with Crippen LogP contribution in [0.5, 0.6) is 11.5 Å². The summed E-state index contributed by atoms with van der Waals surface area (Å²) in [7, 11) is 0. The Morgan fingerprint density at radius 2 is 1.84 bits per heavy atom. The molecule has 2 unspecified atom stereocenters. The van der Waals surface area contributed by atoms with Crippen molar-refractivity contribution in [2.24, 2.45) is 11.7 Å². The van der Waals surface area contributed by atoms with Crippen molar-refractivity contribution in [1.29, 1.82) is 0 Å². The minimum Gasteiger partial charge on any atom is -0.457 e. The normalized spacial score (nSPS) is 18.2. The van der Waals surface area contributed by atoms with Gasteiger partial charge in [0.05, 0.1) is 5.56 Å². The molecule has 1 fully saturated rings. The number of amides is 1. The van der Waals surface area contributed by atoms with Crippen LogP contribution in [0, 0.1) is 5.92 Å². The number of rotatable bonds is 4. The Labute approximate surface area is 155 Å². The number of likely N-dealkylation sites (tertiary alicyclic amines) is 1. The van der Waals surface area contributed by atoms with Crippen LogP contribution in [-0.2, 0) is 0 Å². The Morgan fingerprint density at radius 3 is 2.56 bits per heavy atom. The highest BCUT2D eigenvalue weighted by Crippen LogP contribution is 2.28. The summed E-state index contributed by atoms with van der Waals surface area (Å²) in [5.74, 6) is 1.71. The lowest BCUT2D eigenvalue weighted by Gasteiger charge is -2.34. The highest BCUT2D eigenvalue weighted by Gasteiger charge is 2.27. The summed E-state index contributed by atoms with van der Waals surface area (Å²) >= 11 is 0. The fourth-order valence-corrected chi connectivity index (χ4v) is 3.14. The lowest BCUT2D eigenvalue weighted by atomic mass is 9.92. The number of ether oxygens (including phenoxy) is 1. The summed E-state index contributed by atoms with van der Waals surface area (Å²) in [4.78, 5) is 14.9. The maximum absolute atomic E-state index is 13.0. The summed E-state index contributed by atoms with van der Waals surface area (Å²) in [6, 6.07) is 17.1. The first-order valence-corrected chi connectivity index (χ1v) is 8.52. The van der Waals surface area contributed by atoms with Gasteiger partial charge in [-0.1, -0.05) is 30.3 Å². The van der Waals surface area contributed by atoms with Gasteiger partial charge in [0.15, 0.2) is 0 Å². The molecule has 2 aromatic rings. The van der Waals surface area contributed by atoms with Gasteiger partial charge in [-0.3, -0.25) is 4.79 Å². The topological polar surface area (TPSA) is 55.6 Å². The first-order valence-electron chi connectivity index (χ1n) is 8.52. The molecule has 2 atom stereocenters. The van der Waals surface area contributed by atoms with Gasteiger partial charge in [-0.15, -0.1) is 12.4 Å². The molecule has 0 spiro atoms. The smallest absolute Gasteiger partial charge is 0.257 e. The Hall–Kier alpha value is -2.04. The van der Waals surface area contributed by atoms with Crippen molar-refractivity contribution in [2.75, 3.05) is 13.1 Å². The van der Waals surface area contributed by atoms with Crippen molar-refractivity contribution >= 4 is 18.3 Å². The lowest BCUT2D eigenvalue weighted by Crippen LogP contribution is -2.45. The van der Waals surface area contributed by atoms with Gasteiger partial charge in [-0.2, -0.15) is 0 Å². The molecule has 5 heteroatoms. The fraction of sp³-hybridized carbons (Fsp3) is 0.350. The summed E-state index contributed by atoms with van der Waals surface area (Å²) in [6.45, 7) is 3.52. The molecule has 2 N–H and O–H groups in total. The van der Waals surface area contributed by atoms with E-state index in [-0.39, 0.29) is 24.4 Å². The molecule has 134 valence electrons.